The summed E-state index contributed by atoms with van der Waals surface area (Å²) in [5.41, 5.74) is -5.01. The first kappa shape index (κ1) is 23.8. The number of hydrogen-bond donors (Lipinski definition) is 6. The fraction of sp³-hybridized carbons (Fsp3) is 0.276. The van der Waals surface area contributed by atoms with Gasteiger partial charge in [-0.15, -0.1) is 0 Å². The maximum atomic E-state index is 13.9. The van der Waals surface area contributed by atoms with Crippen LogP contribution in [0.1, 0.15) is 67.4 Å². The number of phenols is 3. The monoisotopic (exact) mass is 529 g/mol. The highest BCUT2D eigenvalue weighted by Crippen LogP contribution is 2.67. The van der Waals surface area contributed by atoms with E-state index in [2.05, 4.69) is 5.32 Å². The smallest absolute Gasteiger partial charge is 0.202 e. The molecule has 1 fully saturated rings. The largest absolute Gasteiger partial charge is 0.507 e. The van der Waals surface area contributed by atoms with Crippen LogP contribution in [-0.2, 0) is 15.1 Å². The Morgan fingerprint density at radius 3 is 2.00 bits per heavy atom. The first-order valence-corrected chi connectivity index (χ1v) is 12.4. The summed E-state index contributed by atoms with van der Waals surface area (Å²) in [6, 6.07) is 9.09. The van der Waals surface area contributed by atoms with Crippen molar-refractivity contribution < 1.29 is 44.7 Å². The predicted molar refractivity (Wildman–Crippen MR) is 134 cm³/mol. The molecule has 1 aliphatic heterocycles. The minimum atomic E-state index is -2.25. The van der Waals surface area contributed by atoms with E-state index in [1.54, 1.807) is 24.3 Å². The zero-order valence-electron chi connectivity index (χ0n) is 20.7. The topological polar surface area (TPSA) is 174 Å². The number of carbonyl (C=O) groups excluding carboxylic acids is 3. The highest BCUT2D eigenvalue weighted by atomic mass is 16.5. The van der Waals surface area contributed by atoms with Crippen LogP contribution in [0.3, 0.4) is 0 Å². The number of carbonyl (C=O) groups is 3. The molecule has 198 valence electrons. The Kier molecular flexibility index (Phi) is 4.42. The van der Waals surface area contributed by atoms with Crippen LogP contribution in [0.5, 0.6) is 17.2 Å². The van der Waals surface area contributed by atoms with E-state index in [9.17, 15) is 39.9 Å². The fourth-order valence-corrected chi connectivity index (χ4v) is 7.41. The maximum absolute atomic E-state index is 13.9. The summed E-state index contributed by atoms with van der Waals surface area (Å²) in [6.07, 6.45) is -1.17. The van der Waals surface area contributed by atoms with Crippen LogP contribution in [0.15, 0.2) is 42.5 Å². The van der Waals surface area contributed by atoms with Gasteiger partial charge in [0.1, 0.15) is 34.6 Å². The Morgan fingerprint density at radius 1 is 0.821 bits per heavy atom. The minimum Gasteiger partial charge on any atom is -0.507 e. The first-order valence-electron chi connectivity index (χ1n) is 12.4. The maximum Gasteiger partial charge on any atom is 0.202 e. The lowest BCUT2D eigenvalue weighted by Gasteiger charge is -2.65. The van der Waals surface area contributed by atoms with E-state index in [0.717, 1.165) is 18.2 Å². The molecule has 6 N–H and O–H groups in total. The molecule has 4 aliphatic rings. The summed E-state index contributed by atoms with van der Waals surface area (Å²) in [4.78, 5) is 40.9. The number of ketones is 3. The van der Waals surface area contributed by atoms with Crippen LogP contribution in [0, 0.1) is 5.92 Å². The van der Waals surface area contributed by atoms with E-state index in [0.29, 0.717) is 11.1 Å². The van der Waals surface area contributed by atoms with Crippen molar-refractivity contribution in [3.63, 3.8) is 0 Å². The molecule has 39 heavy (non-hydrogen) atoms. The number of hydrogen-bond acceptors (Lipinski definition) is 10. The Labute approximate surface area is 221 Å². The number of aliphatic hydroxyl groups is 2. The molecule has 1 heterocycles. The number of anilines is 1. The highest BCUT2D eigenvalue weighted by Gasteiger charge is 2.75. The molecule has 0 spiro atoms. The van der Waals surface area contributed by atoms with Crippen molar-refractivity contribution in [2.45, 2.75) is 36.2 Å². The van der Waals surface area contributed by atoms with Gasteiger partial charge >= 0.3 is 0 Å². The molecule has 0 aromatic heterocycles. The summed E-state index contributed by atoms with van der Waals surface area (Å²) in [7, 11) is 1.33. The lowest BCUT2D eigenvalue weighted by Crippen LogP contribution is -2.75. The molecule has 6 atom stereocenters. The number of phenolic OH excluding ortho intramolecular Hbond substituents is 3. The van der Waals surface area contributed by atoms with Crippen LogP contribution in [-0.4, -0.2) is 61.7 Å². The molecular formula is C29H23NO9. The Hall–Kier alpha value is -4.25. The van der Waals surface area contributed by atoms with Gasteiger partial charge < -0.3 is 35.6 Å². The molecule has 0 radical (unpaired) electrons. The van der Waals surface area contributed by atoms with Crippen LogP contribution < -0.4 is 5.32 Å². The summed E-state index contributed by atoms with van der Waals surface area (Å²) < 4.78 is 5.60. The van der Waals surface area contributed by atoms with E-state index in [1.807, 2.05) is 0 Å². The van der Waals surface area contributed by atoms with E-state index < -0.39 is 86.5 Å². The zero-order valence-corrected chi connectivity index (χ0v) is 20.7. The number of Topliss-reactive ketones (excluding diaryl/α,β-unsaturated/α-hetero) is 1. The normalized spacial score (nSPS) is 31.5. The van der Waals surface area contributed by atoms with Crippen molar-refractivity contribution in [2.75, 3.05) is 12.4 Å². The van der Waals surface area contributed by atoms with Crippen LogP contribution >= 0.6 is 0 Å². The third kappa shape index (κ3) is 2.41. The lowest BCUT2D eigenvalue weighted by atomic mass is 9.47. The third-order valence-electron chi connectivity index (χ3n) is 9.14. The lowest BCUT2D eigenvalue weighted by molar-refractivity contribution is -0.248. The van der Waals surface area contributed by atoms with Gasteiger partial charge in [0, 0.05) is 12.7 Å². The summed E-state index contributed by atoms with van der Waals surface area (Å²) in [6.45, 7) is 1.49. The average Bonchev–Trinajstić information content (AvgIpc) is 2.91. The molecule has 10 nitrogen and oxygen atoms in total. The second-order valence-corrected chi connectivity index (χ2v) is 10.6. The summed E-state index contributed by atoms with van der Waals surface area (Å²) >= 11 is 0. The van der Waals surface area contributed by atoms with E-state index in [4.69, 9.17) is 4.74 Å². The molecule has 1 saturated carbocycles. The van der Waals surface area contributed by atoms with Crippen LogP contribution in [0.25, 0.3) is 0 Å². The van der Waals surface area contributed by atoms with Gasteiger partial charge in [-0.3, -0.25) is 14.4 Å². The summed E-state index contributed by atoms with van der Waals surface area (Å²) in [5.74, 6) is -6.19. The fourth-order valence-electron chi connectivity index (χ4n) is 7.41. The van der Waals surface area contributed by atoms with Crippen molar-refractivity contribution in [3.05, 3.63) is 81.4 Å². The number of nitrogens with one attached hydrogen (secondary N) is 1. The van der Waals surface area contributed by atoms with Crippen molar-refractivity contribution in [1.82, 2.24) is 0 Å². The molecule has 0 saturated heterocycles. The Balaban J connectivity index is 1.60. The molecule has 7 rings (SSSR count). The second kappa shape index (κ2) is 7.23. The molecule has 3 aromatic carbocycles. The van der Waals surface area contributed by atoms with Gasteiger partial charge in [-0.1, -0.05) is 31.2 Å². The molecule has 3 aromatic rings. The predicted octanol–water partition coefficient (Wildman–Crippen LogP) is 2.00. The van der Waals surface area contributed by atoms with E-state index >= 15 is 0 Å². The number of aromatic hydroxyl groups is 3. The van der Waals surface area contributed by atoms with Crippen molar-refractivity contribution in [1.29, 1.82) is 0 Å². The SMILES string of the molecule is COC1C(=O)[C@H](C)[C@]2(O)[C@H]3Nc4c(cc(O)c5c4C(=O)c4c(O)ccc(O)c4C5=O)[C@]2(O)[C@@H]1c1ccccc13. The summed E-state index contributed by atoms with van der Waals surface area (Å²) in [5, 5.41) is 60.2. The average molecular weight is 530 g/mol. The van der Waals surface area contributed by atoms with Crippen molar-refractivity contribution in [3.8, 4) is 17.2 Å². The molecular weight excluding hydrogens is 506 g/mol. The van der Waals surface area contributed by atoms with Crippen LogP contribution in [0.4, 0.5) is 5.69 Å². The number of fused-ring (bicyclic) bond motifs is 7. The Bertz CT molecular complexity index is 1700. The van der Waals surface area contributed by atoms with Crippen molar-refractivity contribution in [2.24, 2.45) is 5.92 Å². The third-order valence-corrected chi connectivity index (χ3v) is 9.14. The number of methoxy groups -OCH3 is 1. The van der Waals surface area contributed by atoms with E-state index in [1.165, 1.54) is 14.0 Å². The van der Waals surface area contributed by atoms with Crippen LogP contribution in [0.2, 0.25) is 0 Å². The Morgan fingerprint density at radius 2 is 1.38 bits per heavy atom. The van der Waals surface area contributed by atoms with Gasteiger partial charge in [0.2, 0.25) is 11.6 Å². The minimum absolute atomic E-state index is 0.0253. The van der Waals surface area contributed by atoms with Gasteiger partial charge in [-0.05, 0) is 29.3 Å². The number of benzene rings is 3. The highest BCUT2D eigenvalue weighted by molar-refractivity contribution is 6.33. The zero-order chi connectivity index (χ0) is 27.8. The van der Waals surface area contributed by atoms with Gasteiger partial charge in [-0.25, -0.2) is 0 Å². The molecule has 1 unspecified atom stereocenters. The van der Waals surface area contributed by atoms with E-state index in [-0.39, 0.29) is 16.8 Å². The number of ether oxygens (including phenoxy) is 1. The van der Waals surface area contributed by atoms with Gasteiger partial charge in [0.25, 0.3) is 0 Å². The van der Waals surface area contributed by atoms with Gasteiger partial charge in [0.15, 0.2) is 5.78 Å². The quantitative estimate of drug-likeness (QED) is 0.200. The van der Waals surface area contributed by atoms with Gasteiger partial charge in [-0.2, -0.15) is 0 Å². The van der Waals surface area contributed by atoms with Crippen molar-refractivity contribution >= 4 is 23.0 Å². The number of rotatable bonds is 1. The molecule has 4 bridgehead atoms. The second-order valence-electron chi connectivity index (χ2n) is 10.6. The van der Waals surface area contributed by atoms with Gasteiger partial charge in [0.05, 0.1) is 45.8 Å². The molecule has 10 heteroatoms. The molecule has 3 aliphatic carbocycles. The first-order chi connectivity index (χ1) is 18.5. The molecule has 0 amide bonds. The standard InChI is InChI=1S/C29H23NO9/c1-10-23(34)26(39-2)21-11-5-3-4-6-12(11)27-28(10,37)29(21,38)13-9-16(33)19-20(22(13)30-27)25(36)18-15(32)8-7-14(31)17(18)24(19)35/h3-10,21,26-27,30-33,37-38H,1-2H3/t10-,21+,26?,27-,28-,29-/m0/s1.